The van der Waals surface area contributed by atoms with Crippen LogP contribution < -0.4 is 5.11 Å². The maximum Gasteiger partial charge on any atom is 0.111 e. The van der Waals surface area contributed by atoms with Crippen molar-refractivity contribution in [2.45, 2.75) is 6.42 Å². The molecular weight excluding hydrogens is 92.1 g/mol. The molecule has 0 aromatic heterocycles. The predicted octanol–water partition coefficient (Wildman–Crippen LogP) is -0.483. The second-order valence-corrected chi connectivity index (χ2v) is 1.14. The highest BCUT2D eigenvalue weighted by Crippen LogP contribution is 1.90. The van der Waals surface area contributed by atoms with Gasteiger partial charge in [-0.25, -0.2) is 0 Å². The van der Waals surface area contributed by atoms with Crippen molar-refractivity contribution in [1.29, 1.82) is 0 Å². The molecule has 0 fully saturated rings. The second kappa shape index (κ2) is 2.29. The number of carbonyl (C=O) groups excluding carboxylic acids is 1. The summed E-state index contributed by atoms with van der Waals surface area (Å²) in [6.07, 6.45) is 0.211. The van der Waals surface area contributed by atoms with Crippen molar-refractivity contribution in [1.82, 2.24) is 0 Å². The van der Waals surface area contributed by atoms with Gasteiger partial charge in [0.1, 0.15) is 6.42 Å². The van der Waals surface area contributed by atoms with Crippen molar-refractivity contribution in [2.75, 3.05) is 0 Å². The average Bonchev–Trinajstić information content (AvgIpc) is 1.65. The van der Waals surface area contributed by atoms with Gasteiger partial charge in [-0.15, -0.1) is 0 Å². The number of carboxylic acids is 1. The number of rotatable bonds is 2. The van der Waals surface area contributed by atoms with Gasteiger partial charge in [0.2, 0.25) is 0 Å². The van der Waals surface area contributed by atoms with Crippen molar-refractivity contribution < 1.29 is 9.90 Å². The molecule has 0 aliphatic rings. The van der Waals surface area contributed by atoms with E-state index in [1.807, 2.05) is 0 Å². The molecular formula is C5H6O2. The third-order valence-electron chi connectivity index (χ3n) is 0.590. The third-order valence-corrected chi connectivity index (χ3v) is 0.590. The molecule has 0 saturated carbocycles. The molecule has 38 valence electrons. The smallest absolute Gasteiger partial charge is 0.111 e. The Bertz CT molecular complexity index is 94.3. The van der Waals surface area contributed by atoms with E-state index >= 15 is 0 Å². The average molecular weight is 98.1 g/mol. The number of carboxylic acid groups (broad SMARTS) is 1. The molecule has 0 atom stereocenters. The Kier molecular flexibility index (Phi) is 1.99. The molecule has 2 heteroatoms. The van der Waals surface area contributed by atoms with E-state index in [1.54, 1.807) is 0 Å². The lowest BCUT2D eigenvalue weighted by atomic mass is 10.2. The van der Waals surface area contributed by atoms with Crippen LogP contribution in [0.25, 0.3) is 0 Å². The Morgan fingerprint density at radius 3 is 2.29 bits per heavy atom. The lowest BCUT2D eigenvalue weighted by Crippen LogP contribution is -2.23. The van der Waals surface area contributed by atoms with E-state index in [2.05, 4.69) is 13.5 Å². The SMILES string of the molecule is C=C(C[CH2+])C(=O)[O-]. The number of hydrogen-bond acceptors (Lipinski definition) is 2. The summed E-state index contributed by atoms with van der Waals surface area (Å²) in [5, 5.41) is 9.68. The zero-order chi connectivity index (χ0) is 5.86. The first kappa shape index (κ1) is 6.08. The van der Waals surface area contributed by atoms with Crippen LogP contribution in [-0.2, 0) is 4.79 Å². The lowest BCUT2D eigenvalue weighted by Gasteiger charge is -1.95. The molecule has 0 N–H and O–H groups in total. The Balaban J connectivity index is 3.58. The van der Waals surface area contributed by atoms with Crippen LogP contribution in [0.5, 0.6) is 0 Å². The van der Waals surface area contributed by atoms with E-state index in [4.69, 9.17) is 0 Å². The molecule has 0 bridgehead atoms. The van der Waals surface area contributed by atoms with Crippen molar-refractivity contribution in [2.24, 2.45) is 0 Å². The Morgan fingerprint density at radius 2 is 2.29 bits per heavy atom. The molecule has 0 heterocycles. The van der Waals surface area contributed by atoms with Crippen LogP contribution in [0.4, 0.5) is 0 Å². The van der Waals surface area contributed by atoms with Gasteiger partial charge in [0.05, 0.1) is 12.9 Å². The van der Waals surface area contributed by atoms with Crippen LogP contribution in [0.1, 0.15) is 6.42 Å². The fraction of sp³-hybridized carbons (Fsp3) is 0.200. The van der Waals surface area contributed by atoms with Crippen molar-refractivity contribution in [3.63, 3.8) is 0 Å². The first-order valence-electron chi connectivity index (χ1n) is 1.87. The molecule has 2 nitrogen and oxygen atoms in total. The van der Waals surface area contributed by atoms with E-state index in [1.165, 1.54) is 0 Å². The molecule has 0 radical (unpaired) electrons. The highest BCUT2D eigenvalue weighted by Gasteiger charge is 1.90. The molecule has 0 rings (SSSR count). The molecule has 0 aliphatic carbocycles. The summed E-state index contributed by atoms with van der Waals surface area (Å²) < 4.78 is 0. The zero-order valence-electron chi connectivity index (χ0n) is 3.94. The van der Waals surface area contributed by atoms with Crippen LogP contribution >= 0.6 is 0 Å². The Morgan fingerprint density at radius 1 is 1.86 bits per heavy atom. The molecule has 0 saturated heterocycles. The maximum absolute atomic E-state index is 9.68. The molecule has 0 aromatic carbocycles. The molecule has 0 aliphatic heterocycles. The van der Waals surface area contributed by atoms with Crippen LogP contribution in [0.15, 0.2) is 12.2 Å². The van der Waals surface area contributed by atoms with E-state index in [9.17, 15) is 9.90 Å². The van der Waals surface area contributed by atoms with E-state index in [0.29, 0.717) is 0 Å². The van der Waals surface area contributed by atoms with Gasteiger partial charge in [0.25, 0.3) is 0 Å². The van der Waals surface area contributed by atoms with Gasteiger partial charge in [-0.1, -0.05) is 6.58 Å². The van der Waals surface area contributed by atoms with Crippen molar-refractivity contribution in [3.05, 3.63) is 19.1 Å². The highest BCUT2D eigenvalue weighted by atomic mass is 16.4. The van der Waals surface area contributed by atoms with Gasteiger partial charge in [-0.05, 0) is 0 Å². The highest BCUT2D eigenvalue weighted by molar-refractivity contribution is 5.83. The van der Waals surface area contributed by atoms with Gasteiger partial charge in [0, 0.05) is 5.57 Å². The monoisotopic (exact) mass is 98.0 g/mol. The van der Waals surface area contributed by atoms with Gasteiger partial charge in [-0.3, -0.25) is 0 Å². The normalized spacial score (nSPS) is 8.00. The summed E-state index contributed by atoms with van der Waals surface area (Å²) in [6, 6.07) is 0. The summed E-state index contributed by atoms with van der Waals surface area (Å²) in [4.78, 5) is 9.68. The van der Waals surface area contributed by atoms with Gasteiger partial charge >= 0.3 is 0 Å². The van der Waals surface area contributed by atoms with Gasteiger partial charge in [-0.2, -0.15) is 0 Å². The van der Waals surface area contributed by atoms with Crippen molar-refractivity contribution in [3.8, 4) is 0 Å². The van der Waals surface area contributed by atoms with Crippen LogP contribution in [0, 0.1) is 6.92 Å². The number of carbonyl (C=O) groups is 1. The summed E-state index contributed by atoms with van der Waals surface area (Å²) in [7, 11) is 0. The predicted molar refractivity (Wildman–Crippen MR) is 24.1 cm³/mol. The van der Waals surface area contributed by atoms with E-state index < -0.39 is 5.97 Å². The summed E-state index contributed by atoms with van der Waals surface area (Å²) >= 11 is 0. The zero-order valence-corrected chi connectivity index (χ0v) is 3.94. The van der Waals surface area contributed by atoms with Gasteiger partial charge in [0.15, 0.2) is 0 Å². The molecule has 0 unspecified atom stereocenters. The minimum absolute atomic E-state index is 0.0417. The maximum atomic E-state index is 9.68. The lowest BCUT2D eigenvalue weighted by molar-refractivity contribution is -0.299. The Hall–Kier alpha value is -0.920. The topological polar surface area (TPSA) is 40.1 Å². The minimum atomic E-state index is -1.21. The summed E-state index contributed by atoms with van der Waals surface area (Å²) in [5.74, 6) is -1.21. The molecule has 0 spiro atoms. The largest absolute Gasteiger partial charge is 0.545 e. The van der Waals surface area contributed by atoms with E-state index in [0.717, 1.165) is 0 Å². The molecule has 0 amide bonds. The number of aliphatic carboxylic acids is 1. The minimum Gasteiger partial charge on any atom is -0.545 e. The summed E-state index contributed by atoms with van der Waals surface area (Å²) in [6.45, 7) is 6.43. The summed E-state index contributed by atoms with van der Waals surface area (Å²) in [5.41, 5.74) is 0.0417. The number of hydrogen-bond donors (Lipinski definition) is 0. The fourth-order valence-electron chi connectivity index (χ4n) is 0.102. The van der Waals surface area contributed by atoms with Crippen LogP contribution in [0.2, 0.25) is 0 Å². The fourth-order valence-corrected chi connectivity index (χ4v) is 0.102. The quantitative estimate of drug-likeness (QED) is 0.345. The molecule has 0 aromatic rings. The van der Waals surface area contributed by atoms with Gasteiger partial charge < -0.3 is 9.90 Å². The van der Waals surface area contributed by atoms with Crippen LogP contribution in [-0.4, -0.2) is 5.97 Å². The standard InChI is InChI=1S/C5H6O2/c1-3-4(2)5(6)7/h1-3H2. The second-order valence-electron chi connectivity index (χ2n) is 1.14. The Labute approximate surface area is 42.5 Å². The van der Waals surface area contributed by atoms with E-state index in [-0.39, 0.29) is 12.0 Å². The first-order chi connectivity index (χ1) is 3.18. The van der Waals surface area contributed by atoms with Crippen molar-refractivity contribution >= 4 is 5.97 Å². The third kappa shape index (κ3) is 1.87. The first-order valence-corrected chi connectivity index (χ1v) is 1.87. The molecule has 7 heavy (non-hydrogen) atoms. The van der Waals surface area contributed by atoms with Crippen LogP contribution in [0.3, 0.4) is 0 Å².